The van der Waals surface area contributed by atoms with Gasteiger partial charge in [-0.3, -0.25) is 4.57 Å². The Hall–Kier alpha value is -1.46. The maximum Gasteiger partial charge on any atom is 0.223 e. The van der Waals surface area contributed by atoms with E-state index in [1.165, 1.54) is 22.7 Å². The zero-order valence-electron chi connectivity index (χ0n) is 11.1. The highest BCUT2D eigenvalue weighted by atomic mass is 32.2. The number of anilines is 1. The summed E-state index contributed by atoms with van der Waals surface area (Å²) in [5, 5.41) is 29.6. The van der Waals surface area contributed by atoms with Crippen molar-refractivity contribution in [2.45, 2.75) is 29.6 Å². The zero-order chi connectivity index (χ0) is 15.1. The SMILES string of the molecule is CSc1nc(N)nc2c1ncn2[C@@H]1O[C@H](CO)[C@H](O)C1O. The van der Waals surface area contributed by atoms with E-state index in [0.717, 1.165) is 0 Å². The summed E-state index contributed by atoms with van der Waals surface area (Å²) in [5.74, 6) is 0.0837. The number of nitrogens with two attached hydrogens (primary N) is 1. The number of aromatic nitrogens is 4. The van der Waals surface area contributed by atoms with Crippen LogP contribution in [0.1, 0.15) is 6.23 Å². The first-order valence-corrected chi connectivity index (χ1v) is 7.45. The van der Waals surface area contributed by atoms with E-state index in [9.17, 15) is 10.2 Å². The van der Waals surface area contributed by atoms with Gasteiger partial charge in [0.2, 0.25) is 5.95 Å². The summed E-state index contributed by atoms with van der Waals surface area (Å²) in [6, 6.07) is 0. The summed E-state index contributed by atoms with van der Waals surface area (Å²) in [4.78, 5) is 12.4. The third-order valence-corrected chi connectivity index (χ3v) is 4.06. The van der Waals surface area contributed by atoms with Crippen molar-refractivity contribution in [3.05, 3.63) is 6.33 Å². The van der Waals surface area contributed by atoms with Crippen molar-refractivity contribution in [2.24, 2.45) is 0 Å². The van der Waals surface area contributed by atoms with Gasteiger partial charge in [-0.1, -0.05) is 0 Å². The van der Waals surface area contributed by atoms with Gasteiger partial charge in [0, 0.05) is 0 Å². The highest BCUT2D eigenvalue weighted by Crippen LogP contribution is 2.32. The molecule has 1 fully saturated rings. The van der Waals surface area contributed by atoms with E-state index in [1.807, 2.05) is 6.26 Å². The van der Waals surface area contributed by atoms with E-state index in [0.29, 0.717) is 16.2 Å². The van der Waals surface area contributed by atoms with E-state index in [2.05, 4.69) is 15.0 Å². The van der Waals surface area contributed by atoms with Gasteiger partial charge >= 0.3 is 0 Å². The normalized spacial score (nSPS) is 29.3. The smallest absolute Gasteiger partial charge is 0.223 e. The second-order valence-electron chi connectivity index (χ2n) is 4.64. The monoisotopic (exact) mass is 313 g/mol. The van der Waals surface area contributed by atoms with E-state index < -0.39 is 31.1 Å². The minimum absolute atomic E-state index is 0.0837. The Balaban J connectivity index is 2.07. The van der Waals surface area contributed by atoms with Crippen molar-refractivity contribution in [1.82, 2.24) is 19.5 Å². The Morgan fingerprint density at radius 3 is 2.76 bits per heavy atom. The van der Waals surface area contributed by atoms with Gasteiger partial charge in [-0.2, -0.15) is 4.98 Å². The molecule has 0 spiro atoms. The molecule has 0 bridgehead atoms. The first-order valence-electron chi connectivity index (χ1n) is 6.23. The summed E-state index contributed by atoms with van der Waals surface area (Å²) >= 11 is 1.38. The van der Waals surface area contributed by atoms with Crippen LogP contribution in [0.5, 0.6) is 0 Å². The van der Waals surface area contributed by atoms with E-state index in [-0.39, 0.29) is 5.95 Å². The first-order chi connectivity index (χ1) is 10.1. The number of aliphatic hydroxyl groups is 3. The summed E-state index contributed by atoms with van der Waals surface area (Å²) < 4.78 is 6.95. The predicted molar refractivity (Wildman–Crippen MR) is 74.5 cm³/mol. The van der Waals surface area contributed by atoms with Crippen molar-refractivity contribution >= 4 is 28.9 Å². The molecule has 21 heavy (non-hydrogen) atoms. The Kier molecular flexibility index (Phi) is 3.71. The molecule has 1 aliphatic heterocycles. The van der Waals surface area contributed by atoms with Crippen LogP contribution in [0.4, 0.5) is 5.95 Å². The highest BCUT2D eigenvalue weighted by molar-refractivity contribution is 7.98. The topological polar surface area (TPSA) is 140 Å². The van der Waals surface area contributed by atoms with Gasteiger partial charge in [0.05, 0.1) is 12.9 Å². The third-order valence-electron chi connectivity index (χ3n) is 3.39. The standard InChI is InChI=1S/C11H15N5O4S/c1-21-9-5-8(14-11(12)15-9)16(3-13-5)10-7(19)6(18)4(2-17)20-10/h3-4,6-7,10,17-19H,2H2,1H3,(H2,12,14,15)/t4-,6+,7?,10-/m1/s1. The summed E-state index contributed by atoms with van der Waals surface area (Å²) in [7, 11) is 0. The van der Waals surface area contributed by atoms with Gasteiger partial charge in [-0.05, 0) is 6.26 Å². The fraction of sp³-hybridized carbons (Fsp3) is 0.545. The van der Waals surface area contributed by atoms with Gasteiger partial charge in [-0.15, -0.1) is 11.8 Å². The number of ether oxygens (including phenoxy) is 1. The van der Waals surface area contributed by atoms with Crippen LogP contribution in [0, 0.1) is 0 Å². The van der Waals surface area contributed by atoms with Crippen molar-refractivity contribution < 1.29 is 20.1 Å². The molecule has 0 aromatic carbocycles. The predicted octanol–water partition coefficient (Wildman–Crippen LogP) is -1.26. The van der Waals surface area contributed by atoms with Crippen LogP contribution in [0.15, 0.2) is 11.4 Å². The zero-order valence-corrected chi connectivity index (χ0v) is 11.9. The third kappa shape index (κ3) is 2.24. The molecule has 0 saturated carbocycles. The molecule has 5 N–H and O–H groups in total. The molecule has 3 rings (SSSR count). The summed E-state index contributed by atoms with van der Waals surface area (Å²) in [6.07, 6.45) is -0.858. The average Bonchev–Trinajstić information content (AvgIpc) is 3.01. The largest absolute Gasteiger partial charge is 0.394 e. The second-order valence-corrected chi connectivity index (χ2v) is 5.44. The lowest BCUT2D eigenvalue weighted by Crippen LogP contribution is -2.33. The Labute approximate surface area is 123 Å². The van der Waals surface area contributed by atoms with Crippen molar-refractivity contribution in [2.75, 3.05) is 18.6 Å². The summed E-state index contributed by atoms with van der Waals surface area (Å²) in [5.41, 5.74) is 6.61. The lowest BCUT2D eigenvalue weighted by molar-refractivity contribution is -0.0511. The highest BCUT2D eigenvalue weighted by Gasteiger charge is 2.44. The molecule has 2 aromatic heterocycles. The molecule has 0 amide bonds. The lowest BCUT2D eigenvalue weighted by atomic mass is 10.1. The van der Waals surface area contributed by atoms with Gasteiger partial charge in [-0.25, -0.2) is 9.97 Å². The van der Waals surface area contributed by atoms with Crippen molar-refractivity contribution in [3.63, 3.8) is 0 Å². The van der Waals surface area contributed by atoms with Crippen LogP contribution in [-0.4, -0.2) is 66.0 Å². The molecule has 0 radical (unpaired) electrons. The van der Waals surface area contributed by atoms with Gasteiger partial charge in [0.15, 0.2) is 11.9 Å². The minimum atomic E-state index is -1.20. The number of hydrogen-bond acceptors (Lipinski definition) is 9. The molecule has 1 aliphatic rings. The molecule has 114 valence electrons. The van der Waals surface area contributed by atoms with Crippen LogP contribution >= 0.6 is 11.8 Å². The Bertz CT molecular complexity index is 665. The maximum absolute atomic E-state index is 10.1. The Morgan fingerprint density at radius 2 is 2.14 bits per heavy atom. The summed E-state index contributed by atoms with van der Waals surface area (Å²) in [6.45, 7) is -0.394. The number of aliphatic hydroxyl groups excluding tert-OH is 3. The molecular weight excluding hydrogens is 298 g/mol. The lowest BCUT2D eigenvalue weighted by Gasteiger charge is -2.16. The molecule has 10 heteroatoms. The quantitative estimate of drug-likeness (QED) is 0.404. The number of thioether (sulfide) groups is 1. The van der Waals surface area contributed by atoms with Gasteiger partial charge in [0.1, 0.15) is 28.9 Å². The number of nitrogen functional groups attached to an aromatic ring is 1. The van der Waals surface area contributed by atoms with Crippen LogP contribution in [0.25, 0.3) is 11.2 Å². The number of nitrogens with zero attached hydrogens (tertiary/aromatic N) is 4. The number of rotatable bonds is 3. The molecule has 9 nitrogen and oxygen atoms in total. The van der Waals surface area contributed by atoms with E-state index in [1.54, 1.807) is 0 Å². The Morgan fingerprint density at radius 1 is 1.38 bits per heavy atom. The van der Waals surface area contributed by atoms with Gasteiger partial charge < -0.3 is 25.8 Å². The molecule has 4 atom stereocenters. The maximum atomic E-state index is 10.1. The van der Waals surface area contributed by atoms with Crippen molar-refractivity contribution in [1.29, 1.82) is 0 Å². The fourth-order valence-corrected chi connectivity index (χ4v) is 2.87. The van der Waals surface area contributed by atoms with Crippen LogP contribution in [0.3, 0.4) is 0 Å². The number of imidazole rings is 1. The first kappa shape index (κ1) is 14.5. The van der Waals surface area contributed by atoms with Crippen LogP contribution < -0.4 is 5.73 Å². The molecule has 1 saturated heterocycles. The molecule has 3 heterocycles. The minimum Gasteiger partial charge on any atom is -0.394 e. The van der Waals surface area contributed by atoms with Crippen LogP contribution in [0.2, 0.25) is 0 Å². The van der Waals surface area contributed by atoms with Crippen LogP contribution in [-0.2, 0) is 4.74 Å². The molecule has 2 aromatic rings. The van der Waals surface area contributed by atoms with Gasteiger partial charge in [0.25, 0.3) is 0 Å². The number of hydrogen-bond donors (Lipinski definition) is 4. The molecule has 1 unspecified atom stereocenters. The van der Waals surface area contributed by atoms with Crippen molar-refractivity contribution in [3.8, 4) is 0 Å². The average molecular weight is 313 g/mol. The fourth-order valence-electron chi connectivity index (χ4n) is 2.35. The second kappa shape index (κ2) is 5.39. The molecular formula is C11H15N5O4S. The van der Waals surface area contributed by atoms with E-state index >= 15 is 0 Å². The molecule has 0 aliphatic carbocycles. The van der Waals surface area contributed by atoms with E-state index in [4.69, 9.17) is 15.6 Å². The number of fused-ring (bicyclic) bond motifs is 1.